The van der Waals surface area contributed by atoms with E-state index in [1.807, 2.05) is 0 Å². The topological polar surface area (TPSA) is 83.9 Å². The van der Waals surface area contributed by atoms with Gasteiger partial charge in [0.25, 0.3) is 0 Å². The summed E-state index contributed by atoms with van der Waals surface area (Å²) in [6.45, 7) is -2.30. The molecule has 0 saturated carbocycles. The molecule has 0 atom stereocenters. The summed E-state index contributed by atoms with van der Waals surface area (Å²) in [4.78, 5) is 31.4. The van der Waals surface area contributed by atoms with Crippen LogP contribution in [0, 0.1) is 0 Å². The van der Waals surface area contributed by atoms with Gasteiger partial charge in [-0.1, -0.05) is 0 Å². The molecule has 0 aromatic rings. The number of rotatable bonds is 4. The standard InChI is InChI=1S/C7H8F3NO5/c1-16-5(14)3-11(2-4(12)13)6(15)7(8,9)10/h2-3H2,1H3,(H,12,13). The van der Waals surface area contributed by atoms with Crippen molar-refractivity contribution in [2.45, 2.75) is 6.18 Å². The number of hydrogen-bond donors (Lipinski definition) is 1. The fourth-order valence-electron chi connectivity index (χ4n) is 0.762. The van der Waals surface area contributed by atoms with Crippen LogP contribution in [0.1, 0.15) is 0 Å². The number of aliphatic carboxylic acids is 1. The van der Waals surface area contributed by atoms with Crippen molar-refractivity contribution >= 4 is 17.8 Å². The summed E-state index contributed by atoms with van der Waals surface area (Å²) < 4.78 is 39.9. The number of carboxylic acid groups (broad SMARTS) is 1. The van der Waals surface area contributed by atoms with E-state index < -0.39 is 37.1 Å². The van der Waals surface area contributed by atoms with Crippen molar-refractivity contribution in [3.63, 3.8) is 0 Å². The highest BCUT2D eigenvalue weighted by Crippen LogP contribution is 2.18. The number of esters is 1. The Kier molecular flexibility index (Phi) is 4.73. The van der Waals surface area contributed by atoms with Crippen molar-refractivity contribution in [1.82, 2.24) is 4.90 Å². The summed E-state index contributed by atoms with van der Waals surface area (Å²) >= 11 is 0. The lowest BCUT2D eigenvalue weighted by Gasteiger charge is -2.20. The van der Waals surface area contributed by atoms with Crippen molar-refractivity contribution in [3.8, 4) is 0 Å². The van der Waals surface area contributed by atoms with Gasteiger partial charge >= 0.3 is 24.0 Å². The van der Waals surface area contributed by atoms with E-state index in [0.29, 0.717) is 0 Å². The normalized spacial score (nSPS) is 10.8. The van der Waals surface area contributed by atoms with Crippen LogP contribution in [-0.4, -0.2) is 54.2 Å². The van der Waals surface area contributed by atoms with E-state index in [2.05, 4.69) is 4.74 Å². The highest BCUT2D eigenvalue weighted by molar-refractivity contribution is 5.88. The van der Waals surface area contributed by atoms with Gasteiger partial charge in [0.1, 0.15) is 13.1 Å². The number of halogens is 3. The fourth-order valence-corrected chi connectivity index (χ4v) is 0.762. The largest absolute Gasteiger partial charge is 0.480 e. The number of carboxylic acids is 1. The van der Waals surface area contributed by atoms with E-state index in [-0.39, 0.29) is 4.90 Å². The van der Waals surface area contributed by atoms with Crippen LogP contribution in [0.4, 0.5) is 13.2 Å². The minimum atomic E-state index is -5.23. The number of alkyl halides is 3. The molecule has 0 heterocycles. The minimum absolute atomic E-state index is 0.159. The molecule has 1 amide bonds. The van der Waals surface area contributed by atoms with Crippen LogP contribution in [0.2, 0.25) is 0 Å². The molecule has 0 fully saturated rings. The van der Waals surface area contributed by atoms with Crippen molar-refractivity contribution in [3.05, 3.63) is 0 Å². The third-order valence-electron chi connectivity index (χ3n) is 1.40. The molecule has 0 rings (SSSR count). The first kappa shape index (κ1) is 14.2. The third-order valence-corrected chi connectivity index (χ3v) is 1.40. The number of ether oxygens (including phenoxy) is 1. The molecule has 0 aromatic carbocycles. The van der Waals surface area contributed by atoms with Crippen LogP contribution in [0.5, 0.6) is 0 Å². The lowest BCUT2D eigenvalue weighted by Crippen LogP contribution is -2.46. The Bertz CT molecular complexity index is 301. The monoisotopic (exact) mass is 243 g/mol. The maximum absolute atomic E-state index is 12.0. The van der Waals surface area contributed by atoms with E-state index in [9.17, 15) is 27.6 Å². The van der Waals surface area contributed by atoms with Gasteiger partial charge in [-0.3, -0.25) is 14.4 Å². The molecule has 1 N–H and O–H groups in total. The molecule has 16 heavy (non-hydrogen) atoms. The summed E-state index contributed by atoms with van der Waals surface area (Å²) in [5.41, 5.74) is 0. The zero-order valence-corrected chi connectivity index (χ0v) is 8.08. The predicted molar refractivity (Wildman–Crippen MR) is 42.3 cm³/mol. The van der Waals surface area contributed by atoms with E-state index in [1.165, 1.54) is 0 Å². The van der Waals surface area contributed by atoms with Crippen molar-refractivity contribution < 1.29 is 37.4 Å². The Labute approximate surface area is 87.6 Å². The Morgan fingerprint density at radius 1 is 1.25 bits per heavy atom. The summed E-state index contributed by atoms with van der Waals surface area (Å²) in [5.74, 6) is -5.21. The van der Waals surface area contributed by atoms with Gasteiger partial charge in [-0.2, -0.15) is 13.2 Å². The van der Waals surface area contributed by atoms with Gasteiger partial charge in [0.2, 0.25) is 0 Å². The van der Waals surface area contributed by atoms with E-state index in [1.54, 1.807) is 0 Å². The first-order valence-corrected chi connectivity index (χ1v) is 3.83. The summed E-state index contributed by atoms with van der Waals surface area (Å²) in [6.07, 6.45) is -5.23. The number of hydrogen-bond acceptors (Lipinski definition) is 4. The van der Waals surface area contributed by atoms with Crippen molar-refractivity contribution in [2.75, 3.05) is 20.2 Å². The van der Waals surface area contributed by atoms with Crippen LogP contribution in [0.25, 0.3) is 0 Å². The Hall–Kier alpha value is -1.80. The number of nitrogens with zero attached hydrogens (tertiary/aromatic N) is 1. The first-order chi connectivity index (χ1) is 7.18. The molecule has 9 heteroatoms. The SMILES string of the molecule is COC(=O)CN(CC(=O)O)C(=O)C(F)(F)F. The average molecular weight is 243 g/mol. The van der Waals surface area contributed by atoms with Gasteiger partial charge in [-0.25, -0.2) is 0 Å². The van der Waals surface area contributed by atoms with Crippen LogP contribution < -0.4 is 0 Å². The first-order valence-electron chi connectivity index (χ1n) is 3.83. The van der Waals surface area contributed by atoms with Crippen molar-refractivity contribution in [2.24, 2.45) is 0 Å². The van der Waals surface area contributed by atoms with Gasteiger partial charge in [0.15, 0.2) is 0 Å². The molecule has 0 unspecified atom stereocenters. The lowest BCUT2D eigenvalue weighted by molar-refractivity contribution is -0.188. The number of carbonyl (C=O) groups is 3. The molecule has 0 aliphatic carbocycles. The number of methoxy groups -OCH3 is 1. The predicted octanol–water partition coefficient (Wildman–Crippen LogP) is -0.365. The Morgan fingerprint density at radius 3 is 2.06 bits per heavy atom. The third kappa shape index (κ3) is 4.62. The maximum Gasteiger partial charge on any atom is 0.471 e. The molecular weight excluding hydrogens is 235 g/mol. The van der Waals surface area contributed by atoms with E-state index >= 15 is 0 Å². The molecule has 0 radical (unpaired) electrons. The van der Waals surface area contributed by atoms with Crippen LogP contribution in [0.3, 0.4) is 0 Å². The number of amides is 1. The highest BCUT2D eigenvalue weighted by atomic mass is 19.4. The summed E-state index contributed by atoms with van der Waals surface area (Å²) in [5, 5.41) is 8.27. The highest BCUT2D eigenvalue weighted by Gasteiger charge is 2.43. The Morgan fingerprint density at radius 2 is 1.75 bits per heavy atom. The van der Waals surface area contributed by atoms with Gasteiger partial charge in [0.05, 0.1) is 7.11 Å². The minimum Gasteiger partial charge on any atom is -0.480 e. The van der Waals surface area contributed by atoms with Crippen LogP contribution in [0.15, 0.2) is 0 Å². The smallest absolute Gasteiger partial charge is 0.471 e. The van der Waals surface area contributed by atoms with Gasteiger partial charge < -0.3 is 14.7 Å². The zero-order chi connectivity index (χ0) is 12.9. The molecule has 0 aliphatic heterocycles. The molecule has 0 aromatic heterocycles. The Balaban J connectivity index is 4.73. The second-order valence-corrected chi connectivity index (χ2v) is 2.63. The van der Waals surface area contributed by atoms with E-state index in [4.69, 9.17) is 5.11 Å². The summed E-state index contributed by atoms with van der Waals surface area (Å²) in [7, 11) is 0.902. The second-order valence-electron chi connectivity index (χ2n) is 2.63. The van der Waals surface area contributed by atoms with Crippen molar-refractivity contribution in [1.29, 1.82) is 0 Å². The number of carbonyl (C=O) groups excluding carboxylic acids is 2. The molecule has 0 bridgehead atoms. The second kappa shape index (κ2) is 5.33. The van der Waals surface area contributed by atoms with E-state index in [0.717, 1.165) is 7.11 Å². The molecule has 6 nitrogen and oxygen atoms in total. The molecule has 0 aliphatic rings. The quantitative estimate of drug-likeness (QED) is 0.681. The fraction of sp³-hybridized carbons (Fsp3) is 0.571. The maximum atomic E-state index is 12.0. The van der Waals surface area contributed by atoms with Crippen LogP contribution in [-0.2, 0) is 19.1 Å². The average Bonchev–Trinajstić information content (AvgIpc) is 2.13. The summed E-state index contributed by atoms with van der Waals surface area (Å²) in [6, 6.07) is 0. The molecule has 0 saturated heterocycles. The molecule has 92 valence electrons. The van der Waals surface area contributed by atoms with Gasteiger partial charge in [0, 0.05) is 0 Å². The van der Waals surface area contributed by atoms with Crippen LogP contribution >= 0.6 is 0 Å². The zero-order valence-electron chi connectivity index (χ0n) is 8.08. The molecular formula is C7H8F3NO5. The van der Waals surface area contributed by atoms with Gasteiger partial charge in [-0.15, -0.1) is 0 Å². The molecule has 0 spiro atoms. The lowest BCUT2D eigenvalue weighted by atomic mass is 10.4. The van der Waals surface area contributed by atoms with Gasteiger partial charge in [-0.05, 0) is 0 Å².